The summed E-state index contributed by atoms with van der Waals surface area (Å²) in [6, 6.07) is 7.46. The van der Waals surface area contributed by atoms with E-state index in [1.165, 1.54) is 24.7 Å². The Morgan fingerprint density at radius 3 is 2.54 bits per heavy atom. The summed E-state index contributed by atoms with van der Waals surface area (Å²) in [6.45, 7) is 0.284. The topological polar surface area (TPSA) is 109 Å². The van der Waals surface area contributed by atoms with Gasteiger partial charge in [0.25, 0.3) is 0 Å². The lowest BCUT2D eigenvalue weighted by atomic mass is 10.1. The van der Waals surface area contributed by atoms with Gasteiger partial charge in [0.05, 0.1) is 5.69 Å². The molecule has 3 rings (SSSR count). The molecule has 0 amide bonds. The molecule has 3 aromatic rings. The van der Waals surface area contributed by atoms with E-state index in [0.717, 1.165) is 0 Å². The lowest BCUT2D eigenvalue weighted by molar-refractivity contribution is 0.318. The second kappa shape index (κ2) is 8.70. The van der Waals surface area contributed by atoms with Crippen molar-refractivity contribution in [3.8, 4) is 11.3 Å². The van der Waals surface area contributed by atoms with E-state index in [0.29, 0.717) is 27.2 Å². The summed E-state index contributed by atoms with van der Waals surface area (Å²) in [5, 5.41) is 14.6. The molecule has 0 aliphatic rings. The van der Waals surface area contributed by atoms with Gasteiger partial charge in [0.1, 0.15) is 29.5 Å². The third kappa shape index (κ3) is 4.58. The molecule has 0 aliphatic heterocycles. The fourth-order valence-electron chi connectivity index (χ4n) is 2.49. The van der Waals surface area contributed by atoms with Crippen LogP contribution < -0.4 is 11.1 Å². The Bertz CT molecular complexity index is 990. The summed E-state index contributed by atoms with van der Waals surface area (Å²) in [5.41, 5.74) is 7.12. The first-order chi connectivity index (χ1) is 13.5. The van der Waals surface area contributed by atoms with Gasteiger partial charge in [-0.15, -0.1) is 0 Å². The van der Waals surface area contributed by atoms with Crippen LogP contribution in [0.4, 0.5) is 14.6 Å². The maximum Gasteiger partial charge on any atom is 0.188 e. The molecule has 0 fully saturated rings. The monoisotopic (exact) mass is 448 g/mol. The molecule has 0 spiro atoms. The number of amidine groups is 1. The van der Waals surface area contributed by atoms with Crippen LogP contribution >= 0.6 is 15.9 Å². The minimum atomic E-state index is -0.603. The number of anilines is 1. The summed E-state index contributed by atoms with van der Waals surface area (Å²) >= 11 is 3.05. The minimum absolute atomic E-state index is 0.00732. The molecule has 2 heterocycles. The van der Waals surface area contributed by atoms with E-state index in [-0.39, 0.29) is 24.4 Å². The van der Waals surface area contributed by atoms with Crippen LogP contribution in [0.25, 0.3) is 11.3 Å². The zero-order chi connectivity index (χ0) is 20.1. The molecular weight excluding hydrogens is 434 g/mol. The number of nitrogens with zero attached hydrogens (tertiary/aromatic N) is 4. The molecule has 0 radical (unpaired) electrons. The highest BCUT2D eigenvalue weighted by molar-refractivity contribution is 9.10. The van der Waals surface area contributed by atoms with Crippen LogP contribution in [-0.2, 0) is 6.42 Å². The van der Waals surface area contributed by atoms with Crippen molar-refractivity contribution in [2.75, 3.05) is 11.9 Å². The molecule has 0 unspecified atom stereocenters. The van der Waals surface area contributed by atoms with E-state index in [2.05, 4.69) is 41.4 Å². The normalized spacial score (nSPS) is 11.5. The predicted molar refractivity (Wildman–Crippen MR) is 104 cm³/mol. The van der Waals surface area contributed by atoms with Crippen LogP contribution in [0.3, 0.4) is 0 Å². The number of pyridine rings is 1. The SMILES string of the molecule is NC(=NO)c1ccc(-c2cc(NCCc3c(F)cc(Br)cc3F)ncn2)cn1. The van der Waals surface area contributed by atoms with Crippen molar-refractivity contribution < 1.29 is 14.0 Å². The van der Waals surface area contributed by atoms with Gasteiger partial charge in [0, 0.05) is 34.4 Å². The Hall–Kier alpha value is -3.14. The number of hydrogen-bond donors (Lipinski definition) is 3. The highest BCUT2D eigenvalue weighted by Crippen LogP contribution is 2.21. The van der Waals surface area contributed by atoms with E-state index < -0.39 is 11.6 Å². The van der Waals surface area contributed by atoms with Crippen molar-refractivity contribution in [3.63, 3.8) is 0 Å². The van der Waals surface area contributed by atoms with E-state index in [1.54, 1.807) is 18.2 Å². The highest BCUT2D eigenvalue weighted by Gasteiger charge is 2.11. The Kier molecular flexibility index (Phi) is 6.09. The molecule has 0 saturated heterocycles. The molecule has 2 aromatic heterocycles. The maximum absolute atomic E-state index is 13.9. The number of aromatic nitrogens is 3. The quantitative estimate of drug-likeness (QED) is 0.231. The lowest BCUT2D eigenvalue weighted by Gasteiger charge is -2.09. The Morgan fingerprint density at radius 1 is 1.14 bits per heavy atom. The number of nitrogens with one attached hydrogen (secondary N) is 1. The van der Waals surface area contributed by atoms with E-state index >= 15 is 0 Å². The lowest BCUT2D eigenvalue weighted by Crippen LogP contribution is -2.14. The summed E-state index contributed by atoms with van der Waals surface area (Å²) in [4.78, 5) is 12.4. The highest BCUT2D eigenvalue weighted by atomic mass is 79.9. The van der Waals surface area contributed by atoms with Crippen molar-refractivity contribution in [3.05, 3.63) is 70.2 Å². The van der Waals surface area contributed by atoms with Gasteiger partial charge in [-0.05, 0) is 30.7 Å². The molecule has 7 nitrogen and oxygen atoms in total. The van der Waals surface area contributed by atoms with E-state index in [4.69, 9.17) is 10.9 Å². The first kappa shape index (κ1) is 19.6. The fourth-order valence-corrected chi connectivity index (χ4v) is 2.89. The third-order valence-corrected chi connectivity index (χ3v) is 4.34. The Labute approximate surface area is 167 Å². The number of halogens is 3. The largest absolute Gasteiger partial charge is 0.409 e. The number of benzene rings is 1. The van der Waals surface area contributed by atoms with Crippen LogP contribution in [0.2, 0.25) is 0 Å². The predicted octanol–water partition coefficient (Wildman–Crippen LogP) is 3.33. The van der Waals surface area contributed by atoms with Crippen LogP contribution in [-0.4, -0.2) is 32.5 Å². The van der Waals surface area contributed by atoms with Gasteiger partial charge in [-0.25, -0.2) is 18.7 Å². The summed E-state index contributed by atoms with van der Waals surface area (Å²) in [6.07, 6.45) is 3.06. The van der Waals surface area contributed by atoms with Gasteiger partial charge in [-0.3, -0.25) is 4.98 Å². The van der Waals surface area contributed by atoms with Crippen molar-refractivity contribution in [1.29, 1.82) is 0 Å². The summed E-state index contributed by atoms with van der Waals surface area (Å²) in [7, 11) is 0. The molecule has 0 atom stereocenters. The fraction of sp³-hybridized carbons (Fsp3) is 0.111. The van der Waals surface area contributed by atoms with Crippen molar-refractivity contribution in [1.82, 2.24) is 15.0 Å². The maximum atomic E-state index is 13.9. The molecule has 28 heavy (non-hydrogen) atoms. The van der Waals surface area contributed by atoms with Gasteiger partial charge < -0.3 is 16.3 Å². The second-order valence-corrected chi connectivity index (χ2v) is 6.65. The van der Waals surface area contributed by atoms with E-state index in [9.17, 15) is 8.78 Å². The van der Waals surface area contributed by atoms with Gasteiger partial charge >= 0.3 is 0 Å². The van der Waals surface area contributed by atoms with Gasteiger partial charge in [0.2, 0.25) is 0 Å². The van der Waals surface area contributed by atoms with Crippen LogP contribution in [0.15, 0.2) is 52.5 Å². The van der Waals surface area contributed by atoms with Gasteiger partial charge in [-0.1, -0.05) is 21.1 Å². The van der Waals surface area contributed by atoms with Crippen LogP contribution in [0, 0.1) is 11.6 Å². The number of rotatable bonds is 6. The number of hydrogen-bond acceptors (Lipinski definition) is 6. The molecule has 4 N–H and O–H groups in total. The molecule has 144 valence electrons. The van der Waals surface area contributed by atoms with Crippen LogP contribution in [0.5, 0.6) is 0 Å². The summed E-state index contributed by atoms with van der Waals surface area (Å²) < 4.78 is 28.1. The zero-order valence-electron chi connectivity index (χ0n) is 14.4. The number of oxime groups is 1. The molecule has 0 aliphatic carbocycles. The van der Waals surface area contributed by atoms with E-state index in [1.807, 2.05) is 0 Å². The molecule has 1 aromatic carbocycles. The van der Waals surface area contributed by atoms with Crippen LogP contribution in [0.1, 0.15) is 11.3 Å². The molecule has 0 bridgehead atoms. The van der Waals surface area contributed by atoms with Crippen molar-refractivity contribution >= 4 is 27.6 Å². The second-order valence-electron chi connectivity index (χ2n) is 5.73. The van der Waals surface area contributed by atoms with Crippen molar-refractivity contribution in [2.24, 2.45) is 10.9 Å². The molecular formula is C18H15BrF2N6O. The summed E-state index contributed by atoms with van der Waals surface area (Å²) in [5.74, 6) is -0.796. The molecule has 10 heteroatoms. The smallest absolute Gasteiger partial charge is 0.188 e. The van der Waals surface area contributed by atoms with Gasteiger partial charge in [0.15, 0.2) is 5.84 Å². The first-order valence-electron chi connectivity index (χ1n) is 8.11. The standard InChI is InChI=1S/C18H15BrF2N6O/c19-11-5-13(20)12(14(21)6-11)3-4-23-17-7-16(25-9-26-17)10-1-2-15(24-8-10)18(22)27-28/h1-2,5-9,28H,3-4H2,(H2,22,27)(H,23,25,26). The average molecular weight is 449 g/mol. The molecule has 0 saturated carbocycles. The van der Waals surface area contributed by atoms with Crippen molar-refractivity contribution in [2.45, 2.75) is 6.42 Å². The Balaban J connectivity index is 1.69. The van der Waals surface area contributed by atoms with Gasteiger partial charge in [-0.2, -0.15) is 0 Å². The number of nitrogens with two attached hydrogens (primary N) is 1. The minimum Gasteiger partial charge on any atom is -0.409 e. The third-order valence-electron chi connectivity index (χ3n) is 3.88. The average Bonchev–Trinajstić information content (AvgIpc) is 2.69. The first-order valence-corrected chi connectivity index (χ1v) is 8.91. The Morgan fingerprint density at radius 2 is 1.89 bits per heavy atom. The zero-order valence-corrected chi connectivity index (χ0v) is 16.0.